The molecule has 0 saturated carbocycles. The fraction of sp³-hybridized carbons (Fsp3) is 0.222. The van der Waals surface area contributed by atoms with Gasteiger partial charge in [-0.15, -0.1) is 0 Å². The van der Waals surface area contributed by atoms with Gasteiger partial charge in [0.05, 0.1) is 0 Å². The van der Waals surface area contributed by atoms with Crippen LogP contribution in [0, 0.1) is 0 Å². The third-order valence-electron chi connectivity index (χ3n) is 1.97. The van der Waals surface area contributed by atoms with Crippen molar-refractivity contribution in [2.24, 2.45) is 5.73 Å². The lowest BCUT2D eigenvalue weighted by molar-refractivity contribution is 0.905. The summed E-state index contributed by atoms with van der Waals surface area (Å²) >= 11 is 0. The second kappa shape index (κ2) is 2.38. The highest BCUT2D eigenvalue weighted by atomic mass is 14.6. The van der Waals surface area contributed by atoms with Gasteiger partial charge in [-0.05, 0) is 36.1 Å². The van der Waals surface area contributed by atoms with E-state index in [0.29, 0.717) is 0 Å². The van der Waals surface area contributed by atoms with Crippen LogP contribution >= 0.6 is 0 Å². The van der Waals surface area contributed by atoms with Gasteiger partial charge in [-0.1, -0.05) is 0 Å². The van der Waals surface area contributed by atoms with Crippen LogP contribution in [-0.4, -0.2) is 4.98 Å². The van der Waals surface area contributed by atoms with Gasteiger partial charge >= 0.3 is 0 Å². The van der Waals surface area contributed by atoms with Crippen LogP contribution in [0.3, 0.4) is 0 Å². The van der Waals surface area contributed by atoms with E-state index in [1.54, 1.807) is 6.20 Å². The molecule has 0 bridgehead atoms. The molecule has 1 aliphatic rings. The number of fused-ring (bicyclic) bond motifs is 1. The van der Waals surface area contributed by atoms with E-state index in [4.69, 9.17) is 5.73 Å². The average molecular weight is 146 g/mol. The molecule has 2 rings (SSSR count). The lowest BCUT2D eigenvalue weighted by Gasteiger charge is -2.11. The maximum absolute atomic E-state index is 5.69. The molecular weight excluding hydrogens is 136 g/mol. The van der Waals surface area contributed by atoms with Crippen molar-refractivity contribution in [3.63, 3.8) is 0 Å². The zero-order valence-electron chi connectivity index (χ0n) is 6.25. The van der Waals surface area contributed by atoms with Crippen LogP contribution in [0.5, 0.6) is 0 Å². The van der Waals surface area contributed by atoms with E-state index < -0.39 is 0 Å². The minimum absolute atomic E-state index is 0.971. The van der Waals surface area contributed by atoms with Crippen molar-refractivity contribution in [2.75, 3.05) is 0 Å². The maximum Gasteiger partial charge on any atom is 0.0305 e. The smallest absolute Gasteiger partial charge is 0.0305 e. The molecule has 1 aliphatic carbocycles. The quantitative estimate of drug-likeness (QED) is 0.599. The van der Waals surface area contributed by atoms with Gasteiger partial charge in [0.2, 0.25) is 0 Å². The van der Waals surface area contributed by atoms with Crippen LogP contribution in [0.15, 0.2) is 24.2 Å². The van der Waals surface area contributed by atoms with E-state index in [1.165, 1.54) is 11.1 Å². The second-order valence-corrected chi connectivity index (χ2v) is 2.79. The highest BCUT2D eigenvalue weighted by Crippen LogP contribution is 2.19. The topological polar surface area (TPSA) is 38.9 Å². The predicted molar refractivity (Wildman–Crippen MR) is 44.7 cm³/mol. The Morgan fingerprint density at radius 1 is 1.36 bits per heavy atom. The van der Waals surface area contributed by atoms with Crippen molar-refractivity contribution < 1.29 is 0 Å². The monoisotopic (exact) mass is 146 g/mol. The van der Waals surface area contributed by atoms with Gasteiger partial charge in [0.15, 0.2) is 0 Å². The summed E-state index contributed by atoms with van der Waals surface area (Å²) in [7, 11) is 0. The van der Waals surface area contributed by atoms with E-state index >= 15 is 0 Å². The van der Waals surface area contributed by atoms with Crippen LogP contribution in [-0.2, 0) is 6.42 Å². The van der Waals surface area contributed by atoms with Crippen molar-refractivity contribution in [3.05, 3.63) is 35.3 Å². The predicted octanol–water partition coefficient (Wildman–Crippen LogP) is 1.33. The molecule has 0 spiro atoms. The summed E-state index contributed by atoms with van der Waals surface area (Å²) in [5, 5.41) is 0. The number of rotatable bonds is 0. The molecule has 2 nitrogen and oxygen atoms in total. The summed E-state index contributed by atoms with van der Waals surface area (Å²) < 4.78 is 0. The highest BCUT2D eigenvalue weighted by Gasteiger charge is 2.06. The van der Waals surface area contributed by atoms with Gasteiger partial charge in [0.1, 0.15) is 0 Å². The summed E-state index contributed by atoms with van der Waals surface area (Å²) in [6.45, 7) is 0. The first-order valence-electron chi connectivity index (χ1n) is 3.75. The number of hydrogen-bond acceptors (Lipinski definition) is 2. The number of pyridine rings is 1. The Morgan fingerprint density at radius 3 is 3.18 bits per heavy atom. The van der Waals surface area contributed by atoms with Crippen molar-refractivity contribution >= 4 is 6.08 Å². The molecule has 1 heterocycles. The molecule has 11 heavy (non-hydrogen) atoms. The molecule has 0 radical (unpaired) electrons. The van der Waals surface area contributed by atoms with Gasteiger partial charge in [-0.25, -0.2) is 0 Å². The molecule has 0 saturated heterocycles. The summed E-state index contributed by atoms with van der Waals surface area (Å²) in [5.41, 5.74) is 9.20. The molecule has 0 amide bonds. The van der Waals surface area contributed by atoms with Crippen molar-refractivity contribution in [2.45, 2.75) is 12.8 Å². The molecule has 56 valence electrons. The largest absolute Gasteiger partial charge is 0.402 e. The van der Waals surface area contributed by atoms with Crippen LogP contribution in [0.2, 0.25) is 0 Å². The minimum Gasteiger partial charge on any atom is -0.402 e. The van der Waals surface area contributed by atoms with Gasteiger partial charge in [0.25, 0.3) is 0 Å². The first kappa shape index (κ1) is 6.40. The second-order valence-electron chi connectivity index (χ2n) is 2.79. The van der Waals surface area contributed by atoms with Crippen molar-refractivity contribution in [1.82, 2.24) is 4.98 Å². The Kier molecular flexibility index (Phi) is 1.39. The first-order chi connectivity index (χ1) is 5.36. The summed E-state index contributed by atoms with van der Waals surface area (Å²) in [4.78, 5) is 4.05. The van der Waals surface area contributed by atoms with Crippen LogP contribution in [0.1, 0.15) is 17.5 Å². The zero-order valence-corrected chi connectivity index (χ0v) is 6.25. The Morgan fingerprint density at radius 2 is 2.27 bits per heavy atom. The van der Waals surface area contributed by atoms with Crippen LogP contribution in [0.25, 0.3) is 6.08 Å². The summed E-state index contributed by atoms with van der Waals surface area (Å²) in [6.07, 6.45) is 7.75. The Balaban J connectivity index is 2.51. The third-order valence-corrected chi connectivity index (χ3v) is 1.97. The summed E-state index contributed by atoms with van der Waals surface area (Å²) in [5.74, 6) is 0. The van der Waals surface area contributed by atoms with Crippen molar-refractivity contribution in [1.29, 1.82) is 0 Å². The van der Waals surface area contributed by atoms with E-state index in [1.807, 2.05) is 18.3 Å². The highest BCUT2D eigenvalue weighted by molar-refractivity contribution is 5.57. The molecule has 1 aromatic heterocycles. The molecule has 0 unspecified atom stereocenters. The summed E-state index contributed by atoms with van der Waals surface area (Å²) in [6, 6.07) is 2.00. The Hall–Kier alpha value is -1.31. The standard InChI is InChI=1S/C9H10N2/c10-9-2-1-8-6-11-4-3-7(8)5-9/h3-6H,1-2,10H2. The first-order valence-corrected chi connectivity index (χ1v) is 3.75. The number of nitrogens with two attached hydrogens (primary N) is 1. The number of allylic oxidation sites excluding steroid dienone is 1. The van der Waals surface area contributed by atoms with Crippen LogP contribution < -0.4 is 5.73 Å². The van der Waals surface area contributed by atoms with E-state index in [-0.39, 0.29) is 0 Å². The number of aryl methyl sites for hydroxylation is 1. The van der Waals surface area contributed by atoms with E-state index in [9.17, 15) is 0 Å². The normalized spacial score (nSPS) is 15.5. The molecule has 0 aliphatic heterocycles. The van der Waals surface area contributed by atoms with Crippen LogP contribution in [0.4, 0.5) is 0 Å². The number of nitrogens with zero attached hydrogens (tertiary/aromatic N) is 1. The maximum atomic E-state index is 5.69. The minimum atomic E-state index is 0.971. The van der Waals surface area contributed by atoms with Gasteiger partial charge in [-0.3, -0.25) is 4.98 Å². The Labute approximate surface area is 65.8 Å². The molecule has 0 fully saturated rings. The molecule has 0 aromatic carbocycles. The fourth-order valence-electron chi connectivity index (χ4n) is 1.34. The van der Waals surface area contributed by atoms with E-state index in [2.05, 4.69) is 4.98 Å². The SMILES string of the molecule is NC1=Cc2ccncc2CC1. The molecule has 0 atom stereocenters. The molecule has 1 aromatic rings. The van der Waals surface area contributed by atoms with E-state index in [0.717, 1.165) is 18.5 Å². The lowest BCUT2D eigenvalue weighted by Crippen LogP contribution is -2.05. The molecule has 2 heteroatoms. The fourth-order valence-corrected chi connectivity index (χ4v) is 1.34. The average Bonchev–Trinajstić information content (AvgIpc) is 2.04. The van der Waals surface area contributed by atoms with Crippen molar-refractivity contribution in [3.8, 4) is 0 Å². The lowest BCUT2D eigenvalue weighted by atomic mass is 9.98. The van der Waals surface area contributed by atoms with Gasteiger partial charge in [0, 0.05) is 18.1 Å². The Bertz CT molecular complexity index is 302. The zero-order chi connectivity index (χ0) is 7.68. The van der Waals surface area contributed by atoms with Gasteiger partial charge < -0.3 is 5.73 Å². The van der Waals surface area contributed by atoms with Gasteiger partial charge in [-0.2, -0.15) is 0 Å². The number of aromatic nitrogens is 1. The molecule has 2 N–H and O–H groups in total. The third kappa shape index (κ3) is 1.11. The number of hydrogen-bond donors (Lipinski definition) is 1. The molecular formula is C9H10N2.